The Morgan fingerprint density at radius 1 is 1.07 bits per heavy atom. The highest BCUT2D eigenvalue weighted by Crippen LogP contribution is 2.54. The largest absolute Gasteiger partial charge is 0.392 e. The van der Waals surface area contributed by atoms with Crippen molar-refractivity contribution < 1.29 is 13.5 Å². The molecule has 27 heavy (non-hydrogen) atoms. The van der Waals surface area contributed by atoms with Gasteiger partial charge in [0.05, 0.1) is 23.2 Å². The van der Waals surface area contributed by atoms with E-state index in [-0.39, 0.29) is 24.5 Å². The van der Waals surface area contributed by atoms with Crippen molar-refractivity contribution >= 4 is 15.7 Å². The van der Waals surface area contributed by atoms with Gasteiger partial charge in [0, 0.05) is 11.5 Å². The van der Waals surface area contributed by atoms with Crippen molar-refractivity contribution in [3.63, 3.8) is 0 Å². The Kier molecular flexibility index (Phi) is 3.61. The number of benzene rings is 2. The maximum Gasteiger partial charge on any atom is 0.265 e. The van der Waals surface area contributed by atoms with Gasteiger partial charge < -0.3 is 5.11 Å². The van der Waals surface area contributed by atoms with Gasteiger partial charge in [-0.25, -0.2) is 8.42 Å². The van der Waals surface area contributed by atoms with Crippen molar-refractivity contribution in [3.8, 4) is 0 Å². The summed E-state index contributed by atoms with van der Waals surface area (Å²) < 4.78 is 28.3. The van der Waals surface area contributed by atoms with Gasteiger partial charge in [0.15, 0.2) is 0 Å². The van der Waals surface area contributed by atoms with Crippen LogP contribution in [0.15, 0.2) is 76.7 Å². The molecule has 5 heteroatoms. The van der Waals surface area contributed by atoms with Crippen LogP contribution >= 0.6 is 0 Å². The monoisotopic (exact) mass is 379 g/mol. The Labute approximate surface area is 159 Å². The van der Waals surface area contributed by atoms with Crippen molar-refractivity contribution in [2.24, 2.45) is 5.92 Å². The van der Waals surface area contributed by atoms with E-state index in [0.717, 1.165) is 28.8 Å². The Morgan fingerprint density at radius 2 is 1.78 bits per heavy atom. The van der Waals surface area contributed by atoms with Crippen molar-refractivity contribution in [2.75, 3.05) is 6.61 Å². The van der Waals surface area contributed by atoms with E-state index in [2.05, 4.69) is 18.2 Å². The van der Waals surface area contributed by atoms with Crippen LogP contribution in [0, 0.1) is 5.92 Å². The summed E-state index contributed by atoms with van der Waals surface area (Å²) in [5.41, 5.74) is 4.66. The zero-order valence-electron chi connectivity index (χ0n) is 15.0. The number of nitrogens with zero attached hydrogens (tertiary/aromatic N) is 1. The fraction of sp³-hybridized carbons (Fsp3) is 0.273. The molecule has 0 saturated carbocycles. The summed E-state index contributed by atoms with van der Waals surface area (Å²) in [6, 6.07) is 17.1. The molecule has 138 valence electrons. The van der Waals surface area contributed by atoms with E-state index >= 15 is 0 Å². The number of sulfonamides is 1. The molecule has 0 bridgehead atoms. The maximum absolute atomic E-state index is 13.4. The fourth-order valence-electron chi connectivity index (χ4n) is 5.01. The summed E-state index contributed by atoms with van der Waals surface area (Å²) in [4.78, 5) is 0.366. The summed E-state index contributed by atoms with van der Waals surface area (Å²) >= 11 is 0. The molecule has 3 aliphatic rings. The van der Waals surface area contributed by atoms with Gasteiger partial charge in [-0.15, -0.1) is 0 Å². The van der Waals surface area contributed by atoms with Crippen molar-refractivity contribution in [1.82, 2.24) is 4.31 Å². The number of allylic oxidation sites excluding steroid dienone is 2. The van der Waals surface area contributed by atoms with Crippen molar-refractivity contribution in [1.29, 1.82) is 0 Å². The minimum Gasteiger partial charge on any atom is -0.392 e. The zero-order chi connectivity index (χ0) is 18.8. The molecular weight excluding hydrogens is 358 g/mol. The van der Waals surface area contributed by atoms with Gasteiger partial charge in [-0.05, 0) is 36.5 Å². The average Bonchev–Trinajstić information content (AvgIpc) is 3.13. The van der Waals surface area contributed by atoms with Gasteiger partial charge in [0.25, 0.3) is 10.0 Å². The topological polar surface area (TPSA) is 57.6 Å². The minimum atomic E-state index is -3.61. The van der Waals surface area contributed by atoms with Crippen LogP contribution in [0.5, 0.6) is 0 Å². The lowest BCUT2D eigenvalue weighted by Gasteiger charge is -2.40. The molecule has 4 nitrogen and oxygen atoms in total. The maximum atomic E-state index is 13.4. The number of fused-ring (bicyclic) bond motifs is 5. The molecule has 2 aromatic carbocycles. The predicted octanol–water partition coefficient (Wildman–Crippen LogP) is 3.53. The first-order chi connectivity index (χ1) is 13.0. The molecule has 2 aromatic rings. The van der Waals surface area contributed by atoms with Crippen LogP contribution in [0.2, 0.25) is 0 Å². The van der Waals surface area contributed by atoms with E-state index in [1.165, 1.54) is 5.56 Å². The first kappa shape index (κ1) is 16.8. The van der Waals surface area contributed by atoms with Gasteiger partial charge in [-0.3, -0.25) is 4.31 Å². The van der Waals surface area contributed by atoms with Crippen molar-refractivity contribution in [3.05, 3.63) is 82.9 Å². The SMILES string of the molecule is CC1=C(CO)[C@H]2[C@H](C1)[C@@H](c1ccccc1)C=C1c3ccccc3S(=O)(=O)N12. The Bertz CT molecular complexity index is 1090. The van der Waals surface area contributed by atoms with Gasteiger partial charge in [0.1, 0.15) is 0 Å². The molecule has 0 radical (unpaired) electrons. The van der Waals surface area contributed by atoms with Crippen LogP contribution in [-0.2, 0) is 10.0 Å². The molecule has 0 spiro atoms. The number of hydrogen-bond donors (Lipinski definition) is 1. The van der Waals surface area contributed by atoms with Crippen LogP contribution in [0.1, 0.15) is 30.4 Å². The highest BCUT2D eigenvalue weighted by molar-refractivity contribution is 7.90. The Morgan fingerprint density at radius 3 is 2.52 bits per heavy atom. The van der Waals surface area contributed by atoms with E-state index in [0.29, 0.717) is 4.90 Å². The molecule has 0 aromatic heterocycles. The third-order valence-electron chi connectivity index (χ3n) is 6.20. The predicted molar refractivity (Wildman–Crippen MR) is 104 cm³/mol. The van der Waals surface area contributed by atoms with Gasteiger partial charge in [-0.2, -0.15) is 0 Å². The second kappa shape index (κ2) is 5.81. The van der Waals surface area contributed by atoms with Gasteiger partial charge >= 0.3 is 0 Å². The molecule has 2 heterocycles. The number of rotatable bonds is 2. The van der Waals surface area contributed by atoms with E-state index in [1.807, 2.05) is 37.3 Å². The van der Waals surface area contributed by atoms with Crippen LogP contribution in [0.3, 0.4) is 0 Å². The van der Waals surface area contributed by atoms with Crippen LogP contribution in [0.4, 0.5) is 0 Å². The molecule has 3 atom stereocenters. The molecule has 5 rings (SSSR count). The fourth-order valence-corrected chi connectivity index (χ4v) is 6.92. The van der Waals surface area contributed by atoms with Crippen molar-refractivity contribution in [2.45, 2.75) is 30.2 Å². The highest BCUT2D eigenvalue weighted by Gasteiger charge is 2.52. The quantitative estimate of drug-likeness (QED) is 0.812. The van der Waals surface area contributed by atoms with E-state index < -0.39 is 10.0 Å². The van der Waals surface area contributed by atoms with E-state index in [1.54, 1.807) is 16.4 Å². The average molecular weight is 379 g/mol. The second-order valence-corrected chi connectivity index (χ2v) is 9.35. The van der Waals surface area contributed by atoms with Crippen LogP contribution in [-0.4, -0.2) is 30.5 Å². The first-order valence-electron chi connectivity index (χ1n) is 9.24. The summed E-state index contributed by atoms with van der Waals surface area (Å²) in [6.45, 7) is 1.91. The van der Waals surface area contributed by atoms with Crippen LogP contribution < -0.4 is 0 Å². The van der Waals surface area contributed by atoms with Crippen LogP contribution in [0.25, 0.3) is 5.70 Å². The number of hydrogen-bond acceptors (Lipinski definition) is 3. The molecular formula is C22H21NO3S. The molecule has 0 fully saturated rings. The lowest BCUT2D eigenvalue weighted by Crippen LogP contribution is -2.44. The number of aliphatic hydroxyl groups excluding tert-OH is 1. The summed E-state index contributed by atoms with van der Waals surface area (Å²) in [7, 11) is -3.61. The Balaban J connectivity index is 1.77. The minimum absolute atomic E-state index is 0.0994. The second-order valence-electron chi connectivity index (χ2n) is 7.56. The zero-order valence-corrected chi connectivity index (χ0v) is 15.9. The summed E-state index contributed by atoms with van der Waals surface area (Å²) in [5, 5.41) is 10.0. The summed E-state index contributed by atoms with van der Waals surface area (Å²) in [5.74, 6) is 0.213. The highest BCUT2D eigenvalue weighted by atomic mass is 32.2. The van der Waals surface area contributed by atoms with E-state index in [4.69, 9.17) is 0 Å². The molecule has 2 aliphatic heterocycles. The molecule has 0 saturated heterocycles. The Hall–Kier alpha value is -2.37. The first-order valence-corrected chi connectivity index (χ1v) is 10.7. The molecule has 0 amide bonds. The standard InChI is InChI=1S/C22H21NO3S/c1-14-11-18-17(15-7-3-2-4-8-15)12-20-16-9-5-6-10-21(16)27(25,26)23(20)22(18)19(14)13-24/h2-10,12,17-18,22,24H,11,13H2,1H3/t17-,18-,22-/m1/s1. The third-order valence-corrected chi connectivity index (χ3v) is 8.05. The third kappa shape index (κ3) is 2.22. The van der Waals surface area contributed by atoms with E-state index in [9.17, 15) is 13.5 Å². The van der Waals surface area contributed by atoms with Gasteiger partial charge in [0.2, 0.25) is 0 Å². The molecule has 1 N–H and O–H groups in total. The molecule has 1 aliphatic carbocycles. The molecule has 0 unspecified atom stereocenters. The number of aliphatic hydroxyl groups is 1. The smallest absolute Gasteiger partial charge is 0.265 e. The lowest BCUT2D eigenvalue weighted by molar-refractivity contribution is 0.271. The lowest BCUT2D eigenvalue weighted by atomic mass is 9.77. The summed E-state index contributed by atoms with van der Waals surface area (Å²) in [6.07, 6.45) is 2.92. The normalized spacial score (nSPS) is 27.9. The van der Waals surface area contributed by atoms with Gasteiger partial charge in [-0.1, -0.05) is 60.2 Å².